The van der Waals surface area contributed by atoms with E-state index in [9.17, 15) is 8.78 Å². The minimum Gasteiger partial charge on any atom is -0.497 e. The maximum atomic E-state index is 15.3. The maximum absolute atomic E-state index is 15.3. The fraction of sp³-hybridized carbons (Fsp3) is 0.250. The van der Waals surface area contributed by atoms with Crippen LogP contribution in [0.15, 0.2) is 84.0 Å². The minimum absolute atomic E-state index is 0.0470. The highest BCUT2D eigenvalue weighted by molar-refractivity contribution is 7.98. The molecule has 5 nitrogen and oxygen atoms in total. The van der Waals surface area contributed by atoms with Gasteiger partial charge in [-0.05, 0) is 85.8 Å². The molecule has 1 heterocycles. The Morgan fingerprint density at radius 3 is 2.22 bits per heavy atom. The smallest absolute Gasteiger partial charge is 0.173 e. The van der Waals surface area contributed by atoms with Crippen LogP contribution >= 0.6 is 11.8 Å². The fourth-order valence-corrected chi connectivity index (χ4v) is 7.00. The third-order valence-electron chi connectivity index (χ3n) is 8.43. The van der Waals surface area contributed by atoms with E-state index in [1.807, 2.05) is 16.7 Å². The molecule has 0 bridgehead atoms. The summed E-state index contributed by atoms with van der Waals surface area (Å²) in [5.41, 5.74) is 3.30. The lowest BCUT2D eigenvalue weighted by molar-refractivity contribution is 0.302. The van der Waals surface area contributed by atoms with Crippen molar-refractivity contribution in [2.24, 2.45) is 0 Å². The first-order valence-corrected chi connectivity index (χ1v) is 15.8. The number of hydrogen-bond acceptors (Lipinski definition) is 5. The Morgan fingerprint density at radius 1 is 0.826 bits per heavy atom. The third-order valence-corrected chi connectivity index (χ3v) is 9.39. The van der Waals surface area contributed by atoms with Crippen molar-refractivity contribution in [3.8, 4) is 22.9 Å². The normalized spacial score (nSPS) is 15.8. The predicted molar refractivity (Wildman–Crippen MR) is 169 cm³/mol. The molecule has 0 saturated heterocycles. The van der Waals surface area contributed by atoms with E-state index >= 15 is 8.78 Å². The Kier molecular flexibility index (Phi) is 8.99. The van der Waals surface area contributed by atoms with Crippen molar-refractivity contribution in [1.29, 1.82) is 0 Å². The highest BCUT2D eigenvalue weighted by Crippen LogP contribution is 2.46. The second-order valence-corrected chi connectivity index (χ2v) is 12.3. The van der Waals surface area contributed by atoms with Crippen molar-refractivity contribution in [2.75, 3.05) is 14.2 Å². The molecular formula is C36H32F4N2O3S. The number of ether oxygens (including phenoxy) is 3. The number of methoxy groups -OCH3 is 2. The Balaban J connectivity index is 1.32. The molecule has 0 radical (unpaired) electrons. The topological polar surface area (TPSA) is 45.5 Å². The summed E-state index contributed by atoms with van der Waals surface area (Å²) in [6, 6.07) is 20.4. The number of imidazole rings is 1. The average molecular weight is 649 g/mol. The zero-order chi connectivity index (χ0) is 32.4. The molecule has 238 valence electrons. The van der Waals surface area contributed by atoms with Crippen molar-refractivity contribution in [2.45, 2.75) is 49.1 Å². The summed E-state index contributed by atoms with van der Waals surface area (Å²) in [4.78, 5) is 4.95. The van der Waals surface area contributed by atoms with Gasteiger partial charge in [0.1, 0.15) is 35.6 Å². The zero-order valence-electron chi connectivity index (χ0n) is 25.6. The van der Waals surface area contributed by atoms with Gasteiger partial charge in [-0.2, -0.15) is 0 Å². The summed E-state index contributed by atoms with van der Waals surface area (Å²) in [5.74, 6) is -1.45. The van der Waals surface area contributed by atoms with Crippen molar-refractivity contribution in [1.82, 2.24) is 9.55 Å². The standard InChI is InChI=1S/C36H32F4N2O3S/c1-36(23-8-15-29(38)33(17-23)44-3)16-4-5-32-34(36)42(25-11-9-24(37)10-12-25)35(41-32)46-21-28-30(39)18-27(19-31(28)40)45-20-22-6-13-26(43-2)14-7-22/h6-15,17-19H,4-5,16,20-21H2,1-3H3. The Morgan fingerprint density at radius 2 is 1.54 bits per heavy atom. The molecule has 1 aromatic heterocycles. The first-order chi connectivity index (χ1) is 22.2. The minimum atomic E-state index is -0.731. The van der Waals surface area contributed by atoms with Crippen LogP contribution in [0, 0.1) is 23.3 Å². The molecule has 10 heteroatoms. The van der Waals surface area contributed by atoms with Crippen LogP contribution in [0.5, 0.6) is 17.2 Å². The van der Waals surface area contributed by atoms with E-state index in [1.54, 1.807) is 43.5 Å². The number of halogens is 4. The van der Waals surface area contributed by atoms with E-state index < -0.39 is 28.7 Å². The Hall–Kier alpha value is -4.44. The second kappa shape index (κ2) is 13.1. The van der Waals surface area contributed by atoms with Crippen LogP contribution in [-0.4, -0.2) is 23.8 Å². The van der Waals surface area contributed by atoms with Crippen molar-refractivity contribution in [3.05, 3.63) is 130 Å². The van der Waals surface area contributed by atoms with Gasteiger partial charge >= 0.3 is 0 Å². The monoisotopic (exact) mass is 648 g/mol. The van der Waals surface area contributed by atoms with Gasteiger partial charge in [-0.15, -0.1) is 0 Å². The summed E-state index contributed by atoms with van der Waals surface area (Å²) in [7, 11) is 3.00. The van der Waals surface area contributed by atoms with Crippen LogP contribution in [-0.2, 0) is 24.2 Å². The summed E-state index contributed by atoms with van der Waals surface area (Å²) in [5, 5.41) is 0.512. The van der Waals surface area contributed by atoms with E-state index in [4.69, 9.17) is 19.2 Å². The molecule has 0 saturated carbocycles. The lowest BCUT2D eigenvalue weighted by Crippen LogP contribution is -2.31. The summed E-state index contributed by atoms with van der Waals surface area (Å²) in [6.45, 7) is 2.20. The molecule has 1 atom stereocenters. The molecule has 0 spiro atoms. The molecule has 0 amide bonds. The first kappa shape index (κ1) is 31.5. The van der Waals surface area contributed by atoms with Gasteiger partial charge in [0.2, 0.25) is 0 Å². The SMILES string of the molecule is COc1ccc(COc2cc(F)c(CSc3nc4c(n3-c3ccc(F)cc3)C(C)(c3ccc(F)c(OC)c3)CCC4)c(F)c2)cc1. The zero-order valence-corrected chi connectivity index (χ0v) is 26.4. The molecule has 5 aromatic rings. The summed E-state index contributed by atoms with van der Waals surface area (Å²) >= 11 is 1.19. The average Bonchev–Trinajstić information content (AvgIpc) is 3.44. The van der Waals surface area contributed by atoms with Crippen LogP contribution in [0.3, 0.4) is 0 Å². The van der Waals surface area contributed by atoms with Gasteiger partial charge < -0.3 is 14.2 Å². The number of thioether (sulfide) groups is 1. The molecule has 1 aliphatic rings. The van der Waals surface area contributed by atoms with Gasteiger partial charge in [0.05, 0.1) is 25.6 Å². The van der Waals surface area contributed by atoms with Crippen LogP contribution in [0.25, 0.3) is 5.69 Å². The number of aryl methyl sites for hydroxylation is 1. The summed E-state index contributed by atoms with van der Waals surface area (Å²) < 4.78 is 77.1. The van der Waals surface area contributed by atoms with Crippen molar-refractivity contribution >= 4 is 11.8 Å². The molecule has 6 rings (SSSR count). The van der Waals surface area contributed by atoms with Gasteiger partial charge in [-0.25, -0.2) is 22.5 Å². The highest BCUT2D eigenvalue weighted by atomic mass is 32.2. The first-order valence-electron chi connectivity index (χ1n) is 14.8. The van der Waals surface area contributed by atoms with Crippen LogP contribution in [0.2, 0.25) is 0 Å². The largest absolute Gasteiger partial charge is 0.497 e. The number of rotatable bonds is 10. The van der Waals surface area contributed by atoms with Crippen molar-refractivity contribution < 1.29 is 31.8 Å². The molecule has 0 N–H and O–H groups in total. The van der Waals surface area contributed by atoms with Crippen LogP contribution < -0.4 is 14.2 Å². The second-order valence-electron chi connectivity index (χ2n) is 11.3. The molecule has 46 heavy (non-hydrogen) atoms. The number of aromatic nitrogens is 2. The van der Waals surface area contributed by atoms with Gasteiger partial charge in [-0.3, -0.25) is 4.57 Å². The van der Waals surface area contributed by atoms with Gasteiger partial charge in [-0.1, -0.05) is 30.0 Å². The van der Waals surface area contributed by atoms with Gasteiger partial charge in [0, 0.05) is 34.6 Å². The lowest BCUT2D eigenvalue weighted by Gasteiger charge is -2.36. The molecule has 0 fully saturated rings. The molecule has 1 unspecified atom stereocenters. The highest BCUT2D eigenvalue weighted by Gasteiger charge is 2.40. The fourth-order valence-electron chi connectivity index (χ4n) is 5.95. The van der Waals surface area contributed by atoms with E-state index in [2.05, 4.69) is 6.92 Å². The molecule has 1 aliphatic carbocycles. The van der Waals surface area contributed by atoms with Crippen LogP contribution in [0.1, 0.15) is 47.8 Å². The number of hydrogen-bond donors (Lipinski definition) is 0. The number of benzene rings is 4. The third kappa shape index (κ3) is 6.18. The number of fused-ring (bicyclic) bond motifs is 1. The molecular weight excluding hydrogens is 616 g/mol. The number of nitrogens with zero attached hydrogens (tertiary/aromatic N) is 2. The van der Waals surface area contributed by atoms with E-state index in [0.29, 0.717) is 23.0 Å². The maximum Gasteiger partial charge on any atom is 0.173 e. The van der Waals surface area contributed by atoms with Gasteiger partial charge in [0.25, 0.3) is 0 Å². The van der Waals surface area contributed by atoms with Gasteiger partial charge in [0.15, 0.2) is 16.7 Å². The Bertz CT molecular complexity index is 1840. The lowest BCUT2D eigenvalue weighted by atomic mass is 9.71. The molecule has 0 aliphatic heterocycles. The summed E-state index contributed by atoms with van der Waals surface area (Å²) in [6.07, 6.45) is 2.26. The van der Waals surface area contributed by atoms with E-state index in [-0.39, 0.29) is 29.4 Å². The Labute approximate surface area is 269 Å². The predicted octanol–water partition coefficient (Wildman–Crippen LogP) is 8.96. The molecule has 4 aromatic carbocycles. The van der Waals surface area contributed by atoms with Crippen LogP contribution in [0.4, 0.5) is 17.6 Å². The van der Waals surface area contributed by atoms with E-state index in [1.165, 1.54) is 49.2 Å². The van der Waals surface area contributed by atoms with E-state index in [0.717, 1.165) is 35.4 Å². The van der Waals surface area contributed by atoms with Crippen molar-refractivity contribution in [3.63, 3.8) is 0 Å². The quantitative estimate of drug-likeness (QED) is 0.112.